The highest BCUT2D eigenvalue weighted by Gasteiger charge is 2.12. The molecule has 6 heteroatoms. The van der Waals surface area contributed by atoms with Crippen molar-refractivity contribution in [2.75, 3.05) is 12.4 Å². The smallest absolute Gasteiger partial charge is 0.180 e. The predicted octanol–water partition coefficient (Wildman–Crippen LogP) is 4.15. The number of fused-ring (bicyclic) bond motifs is 1. The molecule has 0 aliphatic heterocycles. The lowest BCUT2D eigenvalue weighted by Gasteiger charge is -2.11. The lowest BCUT2D eigenvalue weighted by Crippen LogP contribution is -2.01. The van der Waals surface area contributed by atoms with Gasteiger partial charge in [0.15, 0.2) is 5.82 Å². The van der Waals surface area contributed by atoms with E-state index < -0.39 is 0 Å². The Labute approximate surface area is 150 Å². The summed E-state index contributed by atoms with van der Waals surface area (Å²) in [5, 5.41) is 4.25. The van der Waals surface area contributed by atoms with Crippen molar-refractivity contribution in [1.29, 1.82) is 0 Å². The number of hydrogen-bond donors (Lipinski definition) is 1. The van der Waals surface area contributed by atoms with E-state index in [0.717, 1.165) is 33.7 Å². The molecule has 0 saturated carbocycles. The summed E-state index contributed by atoms with van der Waals surface area (Å²) in [5.41, 5.74) is 3.33. The fraction of sp³-hybridized carbons (Fsp3) is 0.100. The fourth-order valence-electron chi connectivity index (χ4n) is 2.69. The lowest BCUT2D eigenvalue weighted by atomic mass is 10.2. The van der Waals surface area contributed by atoms with Crippen molar-refractivity contribution < 1.29 is 4.74 Å². The molecule has 1 aromatic carbocycles. The van der Waals surface area contributed by atoms with Crippen LogP contribution in [-0.4, -0.2) is 27.0 Å². The fourth-order valence-corrected chi connectivity index (χ4v) is 2.69. The van der Waals surface area contributed by atoms with Gasteiger partial charge >= 0.3 is 0 Å². The summed E-state index contributed by atoms with van der Waals surface area (Å²) in [6.45, 7) is 1.95. The van der Waals surface area contributed by atoms with Crippen LogP contribution in [0.5, 0.6) is 5.75 Å². The number of benzene rings is 1. The molecule has 0 aliphatic rings. The number of aromatic nitrogens is 4. The summed E-state index contributed by atoms with van der Waals surface area (Å²) in [6.07, 6.45) is 3.47. The van der Waals surface area contributed by atoms with Crippen LogP contribution < -0.4 is 10.1 Å². The molecule has 0 unspecified atom stereocenters. The topological polar surface area (TPSA) is 72.8 Å². The highest BCUT2D eigenvalue weighted by atomic mass is 16.5. The van der Waals surface area contributed by atoms with E-state index in [-0.39, 0.29) is 0 Å². The van der Waals surface area contributed by atoms with E-state index in [4.69, 9.17) is 14.7 Å². The maximum absolute atomic E-state index is 5.34. The van der Waals surface area contributed by atoms with Crippen LogP contribution in [0.15, 0.2) is 60.9 Å². The molecule has 0 atom stereocenters. The molecule has 26 heavy (non-hydrogen) atoms. The summed E-state index contributed by atoms with van der Waals surface area (Å²) in [6, 6.07) is 15.3. The van der Waals surface area contributed by atoms with Gasteiger partial charge in [-0.1, -0.05) is 6.07 Å². The molecule has 0 aliphatic carbocycles. The third kappa shape index (κ3) is 3.17. The Morgan fingerprint density at radius 1 is 0.923 bits per heavy atom. The minimum absolute atomic E-state index is 0.561. The van der Waals surface area contributed by atoms with Gasteiger partial charge in [0, 0.05) is 35.2 Å². The SMILES string of the molecule is COc1ccc2c(Nc3ccncc3)nc(-c3cccc(C)n3)nc2c1. The number of nitrogens with one attached hydrogen (secondary N) is 1. The zero-order chi connectivity index (χ0) is 17.9. The quantitative estimate of drug-likeness (QED) is 0.600. The third-order valence-corrected chi connectivity index (χ3v) is 3.96. The van der Waals surface area contributed by atoms with E-state index in [1.54, 1.807) is 19.5 Å². The number of nitrogens with zero attached hydrogens (tertiary/aromatic N) is 4. The van der Waals surface area contributed by atoms with E-state index >= 15 is 0 Å². The van der Waals surface area contributed by atoms with Crippen LogP contribution in [0.1, 0.15) is 5.69 Å². The second-order valence-corrected chi connectivity index (χ2v) is 5.80. The molecule has 128 valence electrons. The van der Waals surface area contributed by atoms with E-state index in [1.165, 1.54) is 0 Å². The molecule has 0 amide bonds. The van der Waals surface area contributed by atoms with Gasteiger partial charge in [-0.2, -0.15) is 0 Å². The maximum Gasteiger partial charge on any atom is 0.180 e. The molecule has 0 spiro atoms. The predicted molar refractivity (Wildman–Crippen MR) is 102 cm³/mol. The highest BCUT2D eigenvalue weighted by Crippen LogP contribution is 2.29. The van der Waals surface area contributed by atoms with E-state index in [2.05, 4.69) is 15.3 Å². The minimum Gasteiger partial charge on any atom is -0.497 e. The molecule has 6 nitrogen and oxygen atoms in total. The Morgan fingerprint density at radius 2 is 1.77 bits per heavy atom. The second-order valence-electron chi connectivity index (χ2n) is 5.80. The van der Waals surface area contributed by atoms with Crippen molar-refractivity contribution in [3.05, 3.63) is 66.6 Å². The first kappa shape index (κ1) is 16.0. The van der Waals surface area contributed by atoms with E-state index in [0.29, 0.717) is 11.6 Å². The average Bonchev–Trinajstić information content (AvgIpc) is 2.68. The molecule has 4 aromatic rings. The van der Waals surface area contributed by atoms with Crippen LogP contribution in [0.4, 0.5) is 11.5 Å². The normalized spacial score (nSPS) is 10.7. The van der Waals surface area contributed by atoms with Crippen LogP contribution in [0.2, 0.25) is 0 Å². The highest BCUT2D eigenvalue weighted by molar-refractivity contribution is 5.92. The van der Waals surface area contributed by atoms with Crippen molar-refractivity contribution >= 4 is 22.4 Å². The van der Waals surface area contributed by atoms with Crippen molar-refractivity contribution in [2.24, 2.45) is 0 Å². The van der Waals surface area contributed by atoms with Crippen molar-refractivity contribution in [3.63, 3.8) is 0 Å². The number of pyridine rings is 2. The molecule has 0 bridgehead atoms. The number of methoxy groups -OCH3 is 1. The Kier molecular flexibility index (Phi) is 4.15. The molecule has 0 fully saturated rings. The first-order chi connectivity index (χ1) is 12.7. The first-order valence-corrected chi connectivity index (χ1v) is 8.20. The van der Waals surface area contributed by atoms with Crippen molar-refractivity contribution in [3.8, 4) is 17.3 Å². The zero-order valence-corrected chi connectivity index (χ0v) is 14.5. The summed E-state index contributed by atoms with van der Waals surface area (Å²) in [5.74, 6) is 2.02. The van der Waals surface area contributed by atoms with E-state index in [9.17, 15) is 0 Å². The van der Waals surface area contributed by atoms with Gasteiger partial charge in [0.1, 0.15) is 17.3 Å². The average molecular weight is 343 g/mol. The summed E-state index contributed by atoms with van der Waals surface area (Å²) >= 11 is 0. The van der Waals surface area contributed by atoms with Gasteiger partial charge in [0.25, 0.3) is 0 Å². The Balaban J connectivity index is 1.90. The number of aryl methyl sites for hydroxylation is 1. The van der Waals surface area contributed by atoms with Crippen LogP contribution in [0.25, 0.3) is 22.4 Å². The maximum atomic E-state index is 5.34. The molecule has 4 rings (SSSR count). The molecule has 1 N–H and O–H groups in total. The zero-order valence-electron chi connectivity index (χ0n) is 14.5. The molecule has 0 saturated heterocycles. The monoisotopic (exact) mass is 343 g/mol. The molecule has 3 aromatic heterocycles. The van der Waals surface area contributed by atoms with Gasteiger partial charge < -0.3 is 10.1 Å². The van der Waals surface area contributed by atoms with Crippen LogP contribution >= 0.6 is 0 Å². The molecule has 0 radical (unpaired) electrons. The standard InChI is InChI=1S/C20H17N5O/c1-13-4-3-5-17(22-13)20-24-18-12-15(26-2)6-7-16(18)19(25-20)23-14-8-10-21-11-9-14/h3-12H,1-2H3,(H,21,23,24,25). The van der Waals surface area contributed by atoms with Gasteiger partial charge in [-0.3, -0.25) is 4.98 Å². The number of anilines is 2. The second kappa shape index (κ2) is 6.76. The van der Waals surface area contributed by atoms with Gasteiger partial charge in [-0.15, -0.1) is 0 Å². The third-order valence-electron chi connectivity index (χ3n) is 3.96. The summed E-state index contributed by atoms with van der Waals surface area (Å²) in [7, 11) is 1.64. The Hall–Kier alpha value is -3.54. The number of hydrogen-bond acceptors (Lipinski definition) is 6. The summed E-state index contributed by atoms with van der Waals surface area (Å²) < 4.78 is 5.34. The number of rotatable bonds is 4. The van der Waals surface area contributed by atoms with Gasteiger partial charge in [-0.25, -0.2) is 15.0 Å². The largest absolute Gasteiger partial charge is 0.497 e. The van der Waals surface area contributed by atoms with Crippen LogP contribution in [-0.2, 0) is 0 Å². The van der Waals surface area contributed by atoms with Crippen LogP contribution in [0.3, 0.4) is 0 Å². The minimum atomic E-state index is 0.561. The van der Waals surface area contributed by atoms with Gasteiger partial charge in [-0.05, 0) is 43.3 Å². The Bertz CT molecular complexity index is 1070. The van der Waals surface area contributed by atoms with Gasteiger partial charge in [0.2, 0.25) is 0 Å². The molecular weight excluding hydrogens is 326 g/mol. The van der Waals surface area contributed by atoms with Crippen molar-refractivity contribution in [2.45, 2.75) is 6.92 Å². The van der Waals surface area contributed by atoms with Crippen molar-refractivity contribution in [1.82, 2.24) is 19.9 Å². The Morgan fingerprint density at radius 3 is 2.54 bits per heavy atom. The first-order valence-electron chi connectivity index (χ1n) is 8.20. The van der Waals surface area contributed by atoms with Crippen LogP contribution in [0, 0.1) is 6.92 Å². The number of ether oxygens (including phenoxy) is 1. The molecular formula is C20H17N5O. The van der Waals surface area contributed by atoms with E-state index in [1.807, 2.05) is 55.5 Å². The summed E-state index contributed by atoms with van der Waals surface area (Å²) in [4.78, 5) is 18.0. The van der Waals surface area contributed by atoms with Gasteiger partial charge in [0.05, 0.1) is 12.6 Å². The molecule has 3 heterocycles. The lowest BCUT2D eigenvalue weighted by molar-refractivity contribution is 0.415.